The van der Waals surface area contributed by atoms with Crippen LogP contribution in [-0.2, 0) is 16.2 Å². The highest BCUT2D eigenvalue weighted by Gasteiger charge is 2.59. The van der Waals surface area contributed by atoms with Gasteiger partial charge in [-0.25, -0.2) is 0 Å². The topological polar surface area (TPSA) is 77.4 Å². The molecular weight excluding hydrogens is 467 g/mol. The fraction of sp³-hybridized carbons (Fsp3) is 0.292. The van der Waals surface area contributed by atoms with E-state index in [0.29, 0.717) is 32.9 Å². The van der Waals surface area contributed by atoms with Gasteiger partial charge in [0.25, 0.3) is 11.8 Å². The second-order valence-corrected chi connectivity index (χ2v) is 9.34. The molecule has 2 amide bonds. The molecule has 2 aliphatic heterocycles. The van der Waals surface area contributed by atoms with Crippen LogP contribution in [0.15, 0.2) is 47.6 Å². The molecule has 1 saturated carbocycles. The van der Waals surface area contributed by atoms with E-state index >= 15 is 0 Å². The molecule has 33 heavy (non-hydrogen) atoms. The summed E-state index contributed by atoms with van der Waals surface area (Å²) in [6, 6.07) is 8.79. The molecule has 168 valence electrons. The minimum Gasteiger partial charge on any atom is -0.486 e. The molecule has 2 aromatic carbocycles. The van der Waals surface area contributed by atoms with Crippen LogP contribution in [0.2, 0.25) is 10.0 Å². The molecule has 0 radical (unpaired) electrons. The van der Waals surface area contributed by atoms with E-state index in [9.17, 15) is 9.59 Å². The lowest BCUT2D eigenvalue weighted by Crippen LogP contribution is -2.28. The number of carbonyl (C=O) groups excluding carboxylic acids is 2. The van der Waals surface area contributed by atoms with Gasteiger partial charge in [-0.1, -0.05) is 41.4 Å². The zero-order valence-corrected chi connectivity index (χ0v) is 18.8. The Labute approximate surface area is 199 Å². The second-order valence-electron chi connectivity index (χ2n) is 8.52. The molecule has 0 unspecified atom stereocenters. The summed E-state index contributed by atoms with van der Waals surface area (Å²) in [6.07, 6.45) is 6.40. The summed E-state index contributed by atoms with van der Waals surface area (Å²) in [5, 5.41) is 5.75. The van der Waals surface area contributed by atoms with Crippen LogP contribution in [0.4, 0.5) is 0 Å². The van der Waals surface area contributed by atoms with Gasteiger partial charge in [0.1, 0.15) is 6.61 Å². The molecule has 2 aromatic rings. The van der Waals surface area contributed by atoms with E-state index in [0.717, 1.165) is 17.0 Å². The standard InChI is InChI=1S/C24H18Cl2N2O5/c25-16-5-13(9-27-28-23(29)20-14-2-3-15(8-14)21(20)24(28)30)6-17(26)22(16)31-10-12-1-4-18-19(7-12)33-11-32-18/h1-7,9,14-15,20-21H,8,10-11H2/t14-,15-,20-,21+/m0/s1. The van der Waals surface area contributed by atoms with Crippen molar-refractivity contribution in [2.45, 2.75) is 13.0 Å². The van der Waals surface area contributed by atoms with Crippen molar-refractivity contribution in [3.8, 4) is 17.2 Å². The van der Waals surface area contributed by atoms with Crippen LogP contribution >= 0.6 is 23.2 Å². The molecule has 4 aliphatic rings. The summed E-state index contributed by atoms with van der Waals surface area (Å²) in [7, 11) is 0. The highest BCUT2D eigenvalue weighted by molar-refractivity contribution is 6.37. The van der Waals surface area contributed by atoms with Gasteiger partial charge in [0, 0.05) is 0 Å². The summed E-state index contributed by atoms with van der Waals surface area (Å²) in [5.41, 5.74) is 1.43. The zero-order chi connectivity index (χ0) is 22.7. The van der Waals surface area contributed by atoms with Crippen molar-refractivity contribution >= 4 is 41.2 Å². The van der Waals surface area contributed by atoms with Gasteiger partial charge in [-0.05, 0) is 53.6 Å². The molecule has 9 heteroatoms. The van der Waals surface area contributed by atoms with E-state index in [1.54, 1.807) is 12.1 Å². The van der Waals surface area contributed by atoms with Crippen molar-refractivity contribution in [2.75, 3.05) is 6.79 Å². The van der Waals surface area contributed by atoms with Crippen molar-refractivity contribution in [1.29, 1.82) is 0 Å². The van der Waals surface area contributed by atoms with E-state index in [1.165, 1.54) is 6.21 Å². The number of benzene rings is 2. The predicted molar refractivity (Wildman–Crippen MR) is 121 cm³/mol. The Morgan fingerprint density at radius 1 is 1.00 bits per heavy atom. The number of nitrogens with zero attached hydrogens (tertiary/aromatic N) is 2. The Hall–Kier alpha value is -3.03. The smallest absolute Gasteiger partial charge is 0.254 e. The molecule has 4 atom stereocenters. The molecule has 7 nitrogen and oxygen atoms in total. The summed E-state index contributed by atoms with van der Waals surface area (Å²) in [4.78, 5) is 25.5. The highest BCUT2D eigenvalue weighted by Crippen LogP contribution is 2.52. The van der Waals surface area contributed by atoms with E-state index in [1.807, 2.05) is 30.4 Å². The Bertz CT molecular complexity index is 1190. The zero-order valence-electron chi connectivity index (χ0n) is 17.2. The lowest BCUT2D eigenvalue weighted by Gasteiger charge is -2.13. The Kier molecular flexibility index (Phi) is 4.85. The fourth-order valence-corrected chi connectivity index (χ4v) is 5.72. The minimum absolute atomic E-state index is 0.140. The third kappa shape index (κ3) is 3.38. The number of ether oxygens (including phenoxy) is 3. The molecule has 1 saturated heterocycles. The summed E-state index contributed by atoms with van der Waals surface area (Å²) in [6.45, 7) is 0.438. The summed E-state index contributed by atoms with van der Waals surface area (Å²) >= 11 is 12.8. The number of hydrogen-bond donors (Lipinski definition) is 0. The highest BCUT2D eigenvalue weighted by atomic mass is 35.5. The average Bonchev–Trinajstić information content (AvgIpc) is 3.56. The van der Waals surface area contributed by atoms with Gasteiger partial charge in [0.2, 0.25) is 6.79 Å². The number of imide groups is 1. The van der Waals surface area contributed by atoms with Gasteiger partial charge in [0.05, 0.1) is 28.1 Å². The maximum atomic E-state index is 12.8. The molecule has 6 rings (SSSR count). The van der Waals surface area contributed by atoms with Gasteiger partial charge in [-0.2, -0.15) is 10.1 Å². The summed E-state index contributed by atoms with van der Waals surface area (Å²) in [5.74, 6) is 0.924. The quantitative estimate of drug-likeness (QED) is 0.356. The third-order valence-electron chi connectivity index (χ3n) is 6.61. The second kappa shape index (κ2) is 7.78. The van der Waals surface area contributed by atoms with Gasteiger partial charge in [0.15, 0.2) is 17.2 Å². The maximum absolute atomic E-state index is 12.8. The Morgan fingerprint density at radius 3 is 2.36 bits per heavy atom. The minimum atomic E-state index is -0.288. The van der Waals surface area contributed by atoms with E-state index in [-0.39, 0.29) is 48.9 Å². The molecule has 2 heterocycles. The Balaban J connectivity index is 1.16. The molecular formula is C24H18Cl2N2O5. The van der Waals surface area contributed by atoms with Crippen LogP contribution in [0.1, 0.15) is 17.5 Å². The first-order valence-electron chi connectivity index (χ1n) is 10.6. The SMILES string of the molecule is O=C1[C@@H]2[C@H](C(=O)N1N=Cc1cc(Cl)c(OCc3ccc4c(c3)OCO4)c(Cl)c1)[C@H]1C=C[C@H]2C1. The fourth-order valence-electron chi connectivity index (χ4n) is 5.10. The number of hydrogen-bond acceptors (Lipinski definition) is 6. The van der Waals surface area contributed by atoms with Gasteiger partial charge < -0.3 is 14.2 Å². The van der Waals surface area contributed by atoms with Crippen LogP contribution < -0.4 is 14.2 Å². The Morgan fingerprint density at radius 2 is 1.67 bits per heavy atom. The van der Waals surface area contributed by atoms with Gasteiger partial charge in [-0.15, -0.1) is 0 Å². The first kappa shape index (κ1) is 20.6. The first-order chi connectivity index (χ1) is 16.0. The number of amides is 2. The number of carbonyl (C=O) groups is 2. The molecule has 0 aromatic heterocycles. The molecule has 2 fully saturated rings. The number of halogens is 2. The lowest BCUT2D eigenvalue weighted by atomic mass is 9.85. The van der Waals surface area contributed by atoms with Crippen molar-refractivity contribution in [1.82, 2.24) is 5.01 Å². The van der Waals surface area contributed by atoms with Gasteiger partial charge >= 0.3 is 0 Å². The first-order valence-corrected chi connectivity index (χ1v) is 11.4. The van der Waals surface area contributed by atoms with Crippen LogP contribution in [0.5, 0.6) is 17.2 Å². The monoisotopic (exact) mass is 484 g/mol. The molecule has 2 bridgehead atoms. The average molecular weight is 485 g/mol. The largest absolute Gasteiger partial charge is 0.486 e. The van der Waals surface area contributed by atoms with E-state index in [2.05, 4.69) is 5.10 Å². The maximum Gasteiger partial charge on any atom is 0.254 e. The van der Waals surface area contributed by atoms with Crippen LogP contribution in [-0.4, -0.2) is 29.8 Å². The number of rotatable bonds is 5. The summed E-state index contributed by atoms with van der Waals surface area (Å²) < 4.78 is 16.5. The lowest BCUT2D eigenvalue weighted by molar-refractivity contribution is -0.140. The third-order valence-corrected chi connectivity index (χ3v) is 7.17. The van der Waals surface area contributed by atoms with Gasteiger partial charge in [-0.3, -0.25) is 9.59 Å². The van der Waals surface area contributed by atoms with Crippen molar-refractivity contribution < 1.29 is 23.8 Å². The number of hydrazone groups is 1. The number of fused-ring (bicyclic) bond motifs is 6. The van der Waals surface area contributed by atoms with Crippen LogP contribution in [0.25, 0.3) is 0 Å². The van der Waals surface area contributed by atoms with Crippen molar-refractivity contribution in [2.24, 2.45) is 28.8 Å². The normalized spacial score (nSPS) is 26.7. The molecule has 2 aliphatic carbocycles. The molecule has 0 N–H and O–H groups in total. The van der Waals surface area contributed by atoms with Crippen molar-refractivity contribution in [3.05, 3.63) is 63.7 Å². The van der Waals surface area contributed by atoms with E-state index < -0.39 is 0 Å². The van der Waals surface area contributed by atoms with Crippen LogP contribution in [0, 0.1) is 23.7 Å². The van der Waals surface area contributed by atoms with Crippen LogP contribution in [0.3, 0.4) is 0 Å². The predicted octanol–water partition coefficient (Wildman–Crippen LogP) is 4.44. The molecule has 0 spiro atoms. The van der Waals surface area contributed by atoms with E-state index in [4.69, 9.17) is 37.4 Å². The number of allylic oxidation sites excluding steroid dienone is 2. The van der Waals surface area contributed by atoms with Crippen molar-refractivity contribution in [3.63, 3.8) is 0 Å².